The van der Waals surface area contributed by atoms with Gasteiger partial charge in [-0.15, -0.1) is 0 Å². The third-order valence-electron chi connectivity index (χ3n) is 3.93. The van der Waals surface area contributed by atoms with Crippen molar-refractivity contribution in [1.82, 2.24) is 9.97 Å². The molecular formula is C17H11N3O4S2. The van der Waals surface area contributed by atoms with Crippen molar-refractivity contribution in [2.45, 2.75) is 0 Å². The second-order valence-electron chi connectivity index (χ2n) is 5.46. The fraction of sp³-hybridized carbons (Fsp3) is 0.118. The van der Waals surface area contributed by atoms with E-state index in [1.165, 1.54) is 22.7 Å². The number of ether oxygens (including phenoxy) is 3. The van der Waals surface area contributed by atoms with Crippen LogP contribution < -0.4 is 19.5 Å². The van der Waals surface area contributed by atoms with Gasteiger partial charge in [0, 0.05) is 0 Å². The third-order valence-corrected chi connectivity index (χ3v) is 6.11. The molecule has 0 spiro atoms. The molecule has 130 valence electrons. The molecule has 7 nitrogen and oxygen atoms in total. The van der Waals surface area contributed by atoms with Crippen molar-refractivity contribution < 1.29 is 19.0 Å². The molecule has 5 rings (SSSR count). The average Bonchev–Trinajstić information content (AvgIpc) is 3.36. The predicted octanol–water partition coefficient (Wildman–Crippen LogP) is 3.90. The molecule has 0 unspecified atom stereocenters. The Hall–Kier alpha value is -2.91. The smallest absolute Gasteiger partial charge is 0.274 e. The van der Waals surface area contributed by atoms with Gasteiger partial charge in [-0.05, 0) is 24.3 Å². The molecule has 4 aromatic rings. The van der Waals surface area contributed by atoms with E-state index in [9.17, 15) is 4.79 Å². The van der Waals surface area contributed by atoms with Crippen molar-refractivity contribution in [3.05, 3.63) is 35.9 Å². The van der Waals surface area contributed by atoms with E-state index in [-0.39, 0.29) is 12.7 Å². The molecule has 9 heteroatoms. The number of carbonyl (C=O) groups excluding carboxylic acids is 1. The van der Waals surface area contributed by atoms with Crippen LogP contribution in [0, 0.1) is 0 Å². The van der Waals surface area contributed by atoms with Gasteiger partial charge in [-0.1, -0.05) is 28.7 Å². The zero-order valence-electron chi connectivity index (χ0n) is 13.4. The molecular weight excluding hydrogens is 374 g/mol. The maximum atomic E-state index is 12.7. The molecule has 1 amide bonds. The Bertz CT molecular complexity index is 1170. The van der Waals surface area contributed by atoms with Crippen LogP contribution in [0.5, 0.6) is 16.7 Å². The minimum Gasteiger partial charge on any atom is -0.473 e. The molecule has 2 aromatic carbocycles. The fourth-order valence-electron chi connectivity index (χ4n) is 2.77. The van der Waals surface area contributed by atoms with Crippen LogP contribution >= 0.6 is 22.7 Å². The summed E-state index contributed by atoms with van der Waals surface area (Å²) in [6.07, 6.45) is 0. The first-order valence-electron chi connectivity index (χ1n) is 7.67. The first kappa shape index (κ1) is 15.4. The number of thiazole rings is 2. The number of fused-ring (bicyclic) bond motifs is 4. The highest BCUT2D eigenvalue weighted by atomic mass is 32.1. The number of hydrogen-bond acceptors (Lipinski definition) is 8. The van der Waals surface area contributed by atoms with Gasteiger partial charge in [0.25, 0.3) is 11.1 Å². The number of nitrogens with zero attached hydrogens (tertiary/aromatic N) is 2. The van der Waals surface area contributed by atoms with Crippen LogP contribution in [-0.2, 0) is 0 Å². The zero-order valence-corrected chi connectivity index (χ0v) is 15.1. The first-order chi connectivity index (χ1) is 12.7. The Kier molecular flexibility index (Phi) is 3.44. The van der Waals surface area contributed by atoms with E-state index in [1.54, 1.807) is 25.3 Å². The predicted molar refractivity (Wildman–Crippen MR) is 99.9 cm³/mol. The summed E-state index contributed by atoms with van der Waals surface area (Å²) in [5.74, 6) is 0.741. The van der Waals surface area contributed by atoms with Gasteiger partial charge in [0.1, 0.15) is 0 Å². The lowest BCUT2D eigenvalue weighted by atomic mass is 10.2. The minimum absolute atomic E-state index is 0.117. The summed E-state index contributed by atoms with van der Waals surface area (Å²) in [6, 6.07) is 9.01. The van der Waals surface area contributed by atoms with Gasteiger partial charge in [0.2, 0.25) is 6.79 Å². The van der Waals surface area contributed by atoms with Crippen LogP contribution in [-0.4, -0.2) is 29.8 Å². The van der Waals surface area contributed by atoms with Gasteiger partial charge in [0.05, 0.1) is 33.1 Å². The summed E-state index contributed by atoms with van der Waals surface area (Å²) in [5, 5.41) is 3.96. The van der Waals surface area contributed by atoms with E-state index in [2.05, 4.69) is 15.3 Å². The van der Waals surface area contributed by atoms with Gasteiger partial charge < -0.3 is 14.2 Å². The molecule has 2 aromatic heterocycles. The summed E-state index contributed by atoms with van der Waals surface area (Å²) >= 11 is 2.87. The summed E-state index contributed by atoms with van der Waals surface area (Å²) in [5.41, 5.74) is 2.08. The Balaban J connectivity index is 1.52. The SMILES string of the molecule is COc1nc2ccc3nc(NC(=O)c4cccc5c4OCO5)sc3c2s1. The number of benzene rings is 2. The van der Waals surface area contributed by atoms with Crippen LogP contribution in [0.3, 0.4) is 0 Å². The second kappa shape index (κ2) is 5.82. The van der Waals surface area contributed by atoms with Crippen LogP contribution in [0.15, 0.2) is 30.3 Å². The zero-order chi connectivity index (χ0) is 17.7. The van der Waals surface area contributed by atoms with Crippen molar-refractivity contribution in [2.75, 3.05) is 19.2 Å². The van der Waals surface area contributed by atoms with Gasteiger partial charge in [-0.25, -0.2) is 9.97 Å². The average molecular weight is 385 g/mol. The lowest BCUT2D eigenvalue weighted by molar-refractivity contribution is 0.102. The Morgan fingerprint density at radius 3 is 2.77 bits per heavy atom. The van der Waals surface area contributed by atoms with E-state index < -0.39 is 0 Å². The van der Waals surface area contributed by atoms with E-state index >= 15 is 0 Å². The van der Waals surface area contributed by atoms with Crippen molar-refractivity contribution in [1.29, 1.82) is 0 Å². The maximum Gasteiger partial charge on any atom is 0.274 e. The van der Waals surface area contributed by atoms with Crippen molar-refractivity contribution in [3.63, 3.8) is 0 Å². The van der Waals surface area contributed by atoms with Crippen molar-refractivity contribution in [3.8, 4) is 16.7 Å². The van der Waals surface area contributed by atoms with Crippen LogP contribution in [0.25, 0.3) is 20.4 Å². The Morgan fingerprint density at radius 1 is 1.12 bits per heavy atom. The highest BCUT2D eigenvalue weighted by Crippen LogP contribution is 2.39. The monoisotopic (exact) mass is 385 g/mol. The standard InChI is InChI=1S/C17H11N3O4S2/c1-22-17-19-10-6-5-9-13(14(10)26-17)25-16(18-9)20-15(21)8-3-2-4-11-12(8)24-7-23-11/h2-6H,7H2,1H3,(H,18,20,21). The van der Waals surface area contributed by atoms with Crippen molar-refractivity contribution in [2.24, 2.45) is 0 Å². The number of methoxy groups -OCH3 is 1. The van der Waals surface area contributed by atoms with Gasteiger partial charge >= 0.3 is 0 Å². The molecule has 0 saturated heterocycles. The van der Waals surface area contributed by atoms with Crippen LogP contribution in [0.2, 0.25) is 0 Å². The number of amides is 1. The number of aromatic nitrogens is 2. The topological polar surface area (TPSA) is 82.6 Å². The number of carbonyl (C=O) groups is 1. The fourth-order valence-corrected chi connectivity index (χ4v) is 4.73. The summed E-state index contributed by atoms with van der Waals surface area (Å²) in [6.45, 7) is 0.117. The lowest BCUT2D eigenvalue weighted by Crippen LogP contribution is -2.12. The number of hydrogen-bond donors (Lipinski definition) is 1. The van der Waals surface area contributed by atoms with Gasteiger partial charge in [0.15, 0.2) is 16.6 Å². The molecule has 0 saturated carbocycles. The summed E-state index contributed by atoms with van der Waals surface area (Å²) < 4.78 is 17.9. The molecule has 1 aliphatic heterocycles. The number of rotatable bonds is 3. The molecule has 0 fully saturated rings. The quantitative estimate of drug-likeness (QED) is 0.576. The number of nitrogens with one attached hydrogen (secondary N) is 1. The molecule has 0 bridgehead atoms. The summed E-state index contributed by atoms with van der Waals surface area (Å²) in [7, 11) is 1.59. The Labute approximate surface area is 155 Å². The first-order valence-corrected chi connectivity index (χ1v) is 9.30. The van der Waals surface area contributed by atoms with Gasteiger partial charge in [-0.3, -0.25) is 10.1 Å². The molecule has 3 heterocycles. The highest BCUT2D eigenvalue weighted by Gasteiger charge is 2.22. The number of para-hydroxylation sites is 1. The number of anilines is 1. The van der Waals surface area contributed by atoms with Crippen LogP contribution in [0.1, 0.15) is 10.4 Å². The Morgan fingerprint density at radius 2 is 1.92 bits per heavy atom. The second-order valence-corrected chi connectivity index (χ2v) is 7.42. The molecule has 0 aliphatic carbocycles. The molecule has 0 atom stereocenters. The van der Waals surface area contributed by atoms with E-state index in [0.717, 1.165) is 20.4 Å². The van der Waals surface area contributed by atoms with Gasteiger partial charge in [-0.2, -0.15) is 0 Å². The van der Waals surface area contributed by atoms with E-state index in [0.29, 0.717) is 27.4 Å². The molecule has 1 N–H and O–H groups in total. The lowest BCUT2D eigenvalue weighted by Gasteiger charge is -2.04. The maximum absolute atomic E-state index is 12.7. The van der Waals surface area contributed by atoms with Crippen LogP contribution in [0.4, 0.5) is 5.13 Å². The summed E-state index contributed by atoms with van der Waals surface area (Å²) in [4.78, 5) is 21.6. The minimum atomic E-state index is -0.287. The van der Waals surface area contributed by atoms with E-state index in [1.807, 2.05) is 12.1 Å². The third kappa shape index (κ3) is 2.36. The molecule has 26 heavy (non-hydrogen) atoms. The normalized spacial score (nSPS) is 12.7. The van der Waals surface area contributed by atoms with E-state index in [4.69, 9.17) is 14.2 Å². The molecule has 0 radical (unpaired) electrons. The highest BCUT2D eigenvalue weighted by molar-refractivity contribution is 7.29. The molecule has 1 aliphatic rings. The largest absolute Gasteiger partial charge is 0.473 e. The van der Waals surface area contributed by atoms with Crippen molar-refractivity contribution >= 4 is 54.1 Å².